The molecule has 3 aromatic heterocycles. The summed E-state index contributed by atoms with van der Waals surface area (Å²) >= 11 is 0. The number of benzene rings is 7. The third-order valence-electron chi connectivity index (χ3n) is 11.1. The maximum absolute atomic E-state index is 6.63. The number of para-hydroxylation sites is 1. The number of rotatable bonds is 4. The summed E-state index contributed by atoms with van der Waals surface area (Å²) in [5, 5.41) is 6.42. The second kappa shape index (κ2) is 11.6. The molecule has 1 aliphatic heterocycles. The summed E-state index contributed by atoms with van der Waals surface area (Å²) in [6.07, 6.45) is 8.39. The van der Waals surface area contributed by atoms with E-state index in [0.717, 1.165) is 93.8 Å². The zero-order chi connectivity index (χ0) is 36.0. The molecule has 2 unspecified atom stereocenters. The van der Waals surface area contributed by atoms with Crippen LogP contribution in [0.3, 0.4) is 0 Å². The summed E-state index contributed by atoms with van der Waals surface area (Å²) in [7, 11) is 0. The molecule has 0 N–H and O–H groups in total. The SMILES string of the molecule is C1=CC2Oc3cccc(-c4nc(-c5ccc6ccccc6c5)nc(-c5cccc6oc7cc(-c8cccc9oc%10ccccc%10c89)ccc7c56)n4)c3C2C=C1. The number of fused-ring (bicyclic) bond motifs is 10. The summed E-state index contributed by atoms with van der Waals surface area (Å²) in [5.74, 6) is 2.71. The highest BCUT2D eigenvalue weighted by Crippen LogP contribution is 2.47. The van der Waals surface area contributed by atoms with Crippen LogP contribution in [0.2, 0.25) is 0 Å². The van der Waals surface area contributed by atoms with Crippen LogP contribution in [0.4, 0.5) is 0 Å². The molecule has 2 atom stereocenters. The summed E-state index contributed by atoms with van der Waals surface area (Å²) < 4.78 is 19.2. The molecule has 10 aromatic rings. The van der Waals surface area contributed by atoms with Crippen molar-refractivity contribution in [2.75, 3.05) is 0 Å². The first-order valence-electron chi connectivity index (χ1n) is 18.5. The summed E-state index contributed by atoms with van der Waals surface area (Å²) in [4.78, 5) is 15.7. The lowest BCUT2D eigenvalue weighted by molar-refractivity contribution is 0.269. The molecular formula is C49H29N3O3. The lowest BCUT2D eigenvalue weighted by Crippen LogP contribution is -2.16. The van der Waals surface area contributed by atoms with Gasteiger partial charge in [0.25, 0.3) is 0 Å². The van der Waals surface area contributed by atoms with Crippen LogP contribution in [0.5, 0.6) is 5.75 Å². The fourth-order valence-corrected chi connectivity index (χ4v) is 8.56. The highest BCUT2D eigenvalue weighted by Gasteiger charge is 2.35. The van der Waals surface area contributed by atoms with E-state index < -0.39 is 0 Å². The highest BCUT2D eigenvalue weighted by molar-refractivity contribution is 6.15. The summed E-state index contributed by atoms with van der Waals surface area (Å²) in [5.41, 5.74) is 9.26. The topological polar surface area (TPSA) is 74.2 Å². The maximum atomic E-state index is 6.63. The van der Waals surface area contributed by atoms with E-state index in [9.17, 15) is 0 Å². The van der Waals surface area contributed by atoms with Crippen LogP contribution >= 0.6 is 0 Å². The Morgan fingerprint density at radius 2 is 1.09 bits per heavy atom. The molecule has 258 valence electrons. The maximum Gasteiger partial charge on any atom is 0.164 e. The first-order chi connectivity index (χ1) is 27.2. The quantitative estimate of drug-likeness (QED) is 0.181. The van der Waals surface area contributed by atoms with Crippen molar-refractivity contribution in [2.24, 2.45) is 0 Å². The van der Waals surface area contributed by atoms with Crippen molar-refractivity contribution in [3.05, 3.63) is 169 Å². The van der Waals surface area contributed by atoms with Crippen LogP contribution in [-0.2, 0) is 0 Å². The monoisotopic (exact) mass is 707 g/mol. The first-order valence-corrected chi connectivity index (χ1v) is 18.5. The number of hydrogen-bond acceptors (Lipinski definition) is 6. The number of hydrogen-bond donors (Lipinski definition) is 0. The molecular weight excluding hydrogens is 679 g/mol. The summed E-state index contributed by atoms with van der Waals surface area (Å²) in [6, 6.07) is 47.8. The van der Waals surface area contributed by atoms with Crippen LogP contribution in [0.1, 0.15) is 11.5 Å². The minimum Gasteiger partial charge on any atom is -0.485 e. The molecule has 0 spiro atoms. The van der Waals surface area contributed by atoms with Gasteiger partial charge in [0.2, 0.25) is 0 Å². The van der Waals surface area contributed by atoms with E-state index in [0.29, 0.717) is 17.5 Å². The van der Waals surface area contributed by atoms with E-state index in [1.54, 1.807) is 0 Å². The predicted molar refractivity (Wildman–Crippen MR) is 219 cm³/mol. The van der Waals surface area contributed by atoms with E-state index in [4.69, 9.17) is 28.5 Å². The number of ether oxygens (including phenoxy) is 1. The van der Waals surface area contributed by atoms with Gasteiger partial charge in [-0.3, -0.25) is 0 Å². The Kier molecular flexibility index (Phi) is 6.36. The predicted octanol–water partition coefficient (Wildman–Crippen LogP) is 12.5. The van der Waals surface area contributed by atoms with Crippen molar-refractivity contribution in [3.63, 3.8) is 0 Å². The average molecular weight is 708 g/mol. The molecule has 0 radical (unpaired) electrons. The van der Waals surface area contributed by atoms with Gasteiger partial charge in [0.1, 0.15) is 34.2 Å². The van der Waals surface area contributed by atoms with Gasteiger partial charge in [0.05, 0.1) is 0 Å². The van der Waals surface area contributed by atoms with Gasteiger partial charge >= 0.3 is 0 Å². The molecule has 0 amide bonds. The van der Waals surface area contributed by atoms with Gasteiger partial charge in [-0.15, -0.1) is 0 Å². The van der Waals surface area contributed by atoms with Crippen LogP contribution in [0.15, 0.2) is 173 Å². The molecule has 4 heterocycles. The normalized spacial score (nSPS) is 16.0. The van der Waals surface area contributed by atoms with Crippen molar-refractivity contribution < 1.29 is 13.6 Å². The van der Waals surface area contributed by atoms with E-state index in [1.807, 2.05) is 54.6 Å². The van der Waals surface area contributed by atoms with Gasteiger partial charge in [-0.05, 0) is 70.4 Å². The average Bonchev–Trinajstić information content (AvgIpc) is 3.94. The van der Waals surface area contributed by atoms with Gasteiger partial charge < -0.3 is 13.6 Å². The first kappa shape index (κ1) is 30.2. The Hall–Kier alpha value is -7.31. The number of nitrogens with zero attached hydrogens (tertiary/aromatic N) is 3. The molecule has 0 saturated carbocycles. The van der Waals surface area contributed by atoms with Crippen LogP contribution in [0, 0.1) is 0 Å². The Balaban J connectivity index is 1.06. The third kappa shape index (κ3) is 4.64. The van der Waals surface area contributed by atoms with Crippen LogP contribution < -0.4 is 4.74 Å². The van der Waals surface area contributed by atoms with Crippen molar-refractivity contribution in [3.8, 4) is 51.0 Å². The van der Waals surface area contributed by atoms with E-state index in [1.165, 1.54) is 0 Å². The fourth-order valence-electron chi connectivity index (χ4n) is 8.56. The van der Waals surface area contributed by atoms with Crippen LogP contribution in [-0.4, -0.2) is 21.1 Å². The Bertz CT molecular complexity index is 3280. The van der Waals surface area contributed by atoms with Crippen molar-refractivity contribution >= 4 is 54.6 Å². The molecule has 6 nitrogen and oxygen atoms in total. The van der Waals surface area contributed by atoms with Crippen LogP contribution in [0.25, 0.3) is 99.9 Å². The molecule has 2 aliphatic rings. The molecule has 0 saturated heterocycles. The van der Waals surface area contributed by atoms with Gasteiger partial charge in [0, 0.05) is 49.7 Å². The molecule has 7 aromatic carbocycles. The smallest absolute Gasteiger partial charge is 0.164 e. The molecule has 0 fully saturated rings. The number of allylic oxidation sites excluding steroid dienone is 2. The minimum absolute atomic E-state index is 0.0578. The van der Waals surface area contributed by atoms with Crippen molar-refractivity contribution in [1.82, 2.24) is 15.0 Å². The second-order valence-corrected chi connectivity index (χ2v) is 14.2. The lowest BCUT2D eigenvalue weighted by atomic mass is 9.88. The van der Waals surface area contributed by atoms with E-state index in [-0.39, 0.29) is 12.0 Å². The van der Waals surface area contributed by atoms with Crippen molar-refractivity contribution in [2.45, 2.75) is 12.0 Å². The fraction of sp³-hybridized carbons (Fsp3) is 0.0408. The zero-order valence-corrected chi connectivity index (χ0v) is 29.3. The largest absolute Gasteiger partial charge is 0.485 e. The van der Waals surface area contributed by atoms with Gasteiger partial charge in [-0.1, -0.05) is 115 Å². The Labute approximate surface area is 314 Å². The minimum atomic E-state index is -0.0578. The summed E-state index contributed by atoms with van der Waals surface area (Å²) in [6.45, 7) is 0. The number of furan rings is 2. The molecule has 6 heteroatoms. The number of aromatic nitrogens is 3. The van der Waals surface area contributed by atoms with E-state index >= 15 is 0 Å². The van der Waals surface area contributed by atoms with Gasteiger partial charge in [-0.2, -0.15) is 0 Å². The van der Waals surface area contributed by atoms with E-state index in [2.05, 4.69) is 109 Å². The Morgan fingerprint density at radius 1 is 0.436 bits per heavy atom. The molecule has 0 bridgehead atoms. The second-order valence-electron chi connectivity index (χ2n) is 14.2. The molecule has 1 aliphatic carbocycles. The molecule has 55 heavy (non-hydrogen) atoms. The van der Waals surface area contributed by atoms with Gasteiger partial charge in [-0.25, -0.2) is 15.0 Å². The Morgan fingerprint density at radius 3 is 2.00 bits per heavy atom. The highest BCUT2D eigenvalue weighted by atomic mass is 16.5. The van der Waals surface area contributed by atoms with Crippen molar-refractivity contribution in [1.29, 1.82) is 0 Å². The molecule has 12 rings (SSSR count). The standard InChI is InChI=1S/C49H29N3O3/c1-2-11-29-26-31(23-22-28(29)10-1)47-50-48(36-15-8-20-41-45(36)34-13-4-6-18-39(34)54-41)52-49(51-47)37-16-9-21-42-46(37)35-25-24-30(27-43(35)55-42)32-14-7-19-40-44(32)33-12-3-5-17-38(33)53-40/h1-27,34,39H. The zero-order valence-electron chi connectivity index (χ0n) is 29.3. The lowest BCUT2D eigenvalue weighted by Gasteiger charge is -2.16. The third-order valence-corrected chi connectivity index (χ3v) is 11.1. The van der Waals surface area contributed by atoms with Gasteiger partial charge in [0.15, 0.2) is 17.5 Å².